The molecule has 4 rings (SSSR count). The normalized spacial score (nSPS) is 38.6. The van der Waals surface area contributed by atoms with Crippen LogP contribution in [0.4, 0.5) is 0 Å². The maximum Gasteiger partial charge on any atom is 0.305 e. The Balaban J connectivity index is 1.30. The molecule has 0 radical (unpaired) electrons. The average Bonchev–Trinajstić information content (AvgIpc) is 3.26. The third-order valence-electron chi connectivity index (χ3n) is 12.0. The minimum atomic E-state index is -0.0690. The number of methoxy groups -OCH3 is 1. The maximum absolute atomic E-state index is 12.6. The molecule has 4 saturated carbocycles. The van der Waals surface area contributed by atoms with Crippen LogP contribution in [0.15, 0.2) is 5.11 Å². The zero-order valence-electron chi connectivity index (χ0n) is 24.4. The van der Waals surface area contributed by atoms with Crippen LogP contribution in [-0.2, 0) is 14.3 Å². The smallest absolute Gasteiger partial charge is 0.305 e. The summed E-state index contributed by atoms with van der Waals surface area (Å²) < 4.78 is 4.91. The fourth-order valence-electron chi connectivity index (χ4n) is 10.0. The maximum atomic E-state index is 12.6. The molecule has 4 fully saturated rings. The fraction of sp³-hybridized carbons (Fsp3) is 0.935. The van der Waals surface area contributed by atoms with E-state index in [4.69, 9.17) is 10.3 Å². The van der Waals surface area contributed by atoms with Crippen molar-refractivity contribution < 1.29 is 14.3 Å². The number of amides is 1. The Labute approximate surface area is 230 Å². The molecule has 1 N–H and O–H groups in total. The molecule has 0 spiro atoms. The quantitative estimate of drug-likeness (QED) is 0.0981. The van der Waals surface area contributed by atoms with E-state index in [1.807, 2.05) is 0 Å². The topological polar surface area (TPSA) is 104 Å². The van der Waals surface area contributed by atoms with Crippen molar-refractivity contribution in [1.29, 1.82) is 0 Å². The molecule has 0 bridgehead atoms. The molecule has 7 heteroatoms. The molecule has 1 amide bonds. The molecule has 4 aliphatic carbocycles. The first-order valence-corrected chi connectivity index (χ1v) is 15.6. The molecule has 0 heterocycles. The van der Waals surface area contributed by atoms with E-state index in [2.05, 4.69) is 36.1 Å². The summed E-state index contributed by atoms with van der Waals surface area (Å²) in [6.45, 7) is 8.10. The summed E-state index contributed by atoms with van der Waals surface area (Å²) >= 11 is 0. The van der Waals surface area contributed by atoms with Crippen LogP contribution in [0.2, 0.25) is 0 Å². The first-order valence-electron chi connectivity index (χ1n) is 15.6. The Hall–Kier alpha value is -1.75. The van der Waals surface area contributed by atoms with Crippen LogP contribution < -0.4 is 5.32 Å². The minimum Gasteiger partial charge on any atom is -0.469 e. The van der Waals surface area contributed by atoms with Crippen molar-refractivity contribution in [2.45, 2.75) is 123 Å². The number of fused-ring (bicyclic) bond motifs is 5. The third kappa shape index (κ3) is 6.03. The van der Waals surface area contributed by atoms with Gasteiger partial charge in [0.25, 0.3) is 0 Å². The van der Waals surface area contributed by atoms with Gasteiger partial charge in [-0.25, -0.2) is 0 Å². The van der Waals surface area contributed by atoms with E-state index in [-0.39, 0.29) is 11.9 Å². The summed E-state index contributed by atoms with van der Waals surface area (Å²) in [7, 11) is 1.50. The second-order valence-corrected chi connectivity index (χ2v) is 13.8. The SMILES string of the molecule is COC(=O)CC[C@@H](C)[C@H]1CCC2C3CCC4C[C@@H](NC(=O)CCCCCN=[N+]=[N-])CC[C@]4(C)C3CC[C@@]21C. The van der Waals surface area contributed by atoms with Gasteiger partial charge in [-0.1, -0.05) is 32.3 Å². The Morgan fingerprint density at radius 3 is 2.53 bits per heavy atom. The monoisotopic (exact) mass is 528 g/mol. The lowest BCUT2D eigenvalue weighted by Crippen LogP contribution is -2.55. The predicted octanol–water partition coefficient (Wildman–Crippen LogP) is 7.59. The summed E-state index contributed by atoms with van der Waals surface area (Å²) in [6, 6.07) is 0.334. The molecule has 0 aromatic heterocycles. The standard InChI is InChI=1S/C31H52N4O3/c1-21(9-14-29(37)38-4)25-12-13-26-24-11-10-22-20-23(34-28(36)8-6-5-7-19-33-35-32)15-17-30(22,2)27(24)16-18-31(25,26)3/h21-27H,5-20H2,1-4H3,(H,34,36)/t21-,22?,23+,24?,25-,26?,27?,30+,31-/m1/s1. The largest absolute Gasteiger partial charge is 0.469 e. The number of hydrogen-bond donors (Lipinski definition) is 1. The lowest BCUT2D eigenvalue weighted by molar-refractivity contribution is -0.141. The van der Waals surface area contributed by atoms with E-state index >= 15 is 0 Å². The summed E-state index contributed by atoms with van der Waals surface area (Å²) in [4.78, 5) is 27.1. The van der Waals surface area contributed by atoms with Gasteiger partial charge < -0.3 is 10.1 Å². The van der Waals surface area contributed by atoms with Gasteiger partial charge in [0.2, 0.25) is 5.91 Å². The van der Waals surface area contributed by atoms with Gasteiger partial charge in [-0.2, -0.15) is 0 Å². The van der Waals surface area contributed by atoms with Crippen LogP contribution in [0, 0.1) is 46.3 Å². The van der Waals surface area contributed by atoms with Gasteiger partial charge in [-0.3, -0.25) is 9.59 Å². The number of unbranched alkanes of at least 4 members (excludes halogenated alkanes) is 2. The molecule has 4 aliphatic rings. The number of carbonyl (C=O) groups excluding carboxylic acids is 2. The van der Waals surface area contributed by atoms with Gasteiger partial charge in [-0.05, 0) is 129 Å². The van der Waals surface area contributed by atoms with Crippen LogP contribution >= 0.6 is 0 Å². The molecular formula is C31H52N4O3. The summed E-state index contributed by atoms with van der Waals surface area (Å²) in [6.07, 6.45) is 16.3. The summed E-state index contributed by atoms with van der Waals surface area (Å²) in [5.74, 6) is 4.68. The van der Waals surface area contributed by atoms with E-state index in [9.17, 15) is 9.59 Å². The molecule has 9 atom stereocenters. The van der Waals surface area contributed by atoms with E-state index in [0.717, 1.165) is 68.1 Å². The Morgan fingerprint density at radius 2 is 1.76 bits per heavy atom. The van der Waals surface area contributed by atoms with E-state index in [0.29, 0.717) is 42.2 Å². The lowest BCUT2D eigenvalue weighted by Gasteiger charge is -2.61. The van der Waals surface area contributed by atoms with Gasteiger partial charge >= 0.3 is 5.97 Å². The van der Waals surface area contributed by atoms with Gasteiger partial charge in [0.1, 0.15) is 0 Å². The molecular weight excluding hydrogens is 476 g/mol. The van der Waals surface area contributed by atoms with E-state index < -0.39 is 0 Å². The average molecular weight is 529 g/mol. The molecule has 0 saturated heterocycles. The van der Waals surface area contributed by atoms with Crippen LogP contribution in [0.25, 0.3) is 10.4 Å². The lowest BCUT2D eigenvalue weighted by atomic mass is 9.44. The molecule has 7 nitrogen and oxygen atoms in total. The molecule has 0 aromatic carbocycles. The predicted molar refractivity (Wildman–Crippen MR) is 150 cm³/mol. The van der Waals surface area contributed by atoms with Gasteiger partial charge in [0, 0.05) is 30.3 Å². The summed E-state index contributed by atoms with van der Waals surface area (Å²) in [5, 5.41) is 6.94. The second kappa shape index (κ2) is 12.6. The molecule has 38 heavy (non-hydrogen) atoms. The first kappa shape index (κ1) is 29.2. The van der Waals surface area contributed by atoms with Gasteiger partial charge in [-0.15, -0.1) is 0 Å². The highest BCUT2D eigenvalue weighted by Gasteiger charge is 2.60. The molecule has 4 unspecified atom stereocenters. The number of hydrogen-bond acceptors (Lipinski definition) is 4. The Morgan fingerprint density at radius 1 is 1.00 bits per heavy atom. The number of nitrogens with one attached hydrogen (secondary N) is 1. The first-order chi connectivity index (χ1) is 18.2. The van der Waals surface area contributed by atoms with Crippen molar-refractivity contribution in [1.82, 2.24) is 5.32 Å². The number of nitrogens with zero attached hydrogens (tertiary/aromatic N) is 3. The second-order valence-electron chi connectivity index (χ2n) is 13.8. The molecule has 0 aliphatic heterocycles. The van der Waals surface area contributed by atoms with Crippen molar-refractivity contribution in [3.8, 4) is 0 Å². The number of ether oxygens (including phenoxy) is 1. The van der Waals surface area contributed by atoms with Crippen LogP contribution in [0.1, 0.15) is 117 Å². The van der Waals surface area contributed by atoms with E-state index in [1.54, 1.807) is 0 Å². The number of rotatable bonds is 11. The number of azide groups is 1. The van der Waals surface area contributed by atoms with Gasteiger partial charge in [0.15, 0.2) is 0 Å². The Bertz CT molecular complexity index is 888. The van der Waals surface area contributed by atoms with Crippen molar-refractivity contribution in [3.05, 3.63) is 10.4 Å². The van der Waals surface area contributed by atoms with Crippen LogP contribution in [0.3, 0.4) is 0 Å². The van der Waals surface area contributed by atoms with Crippen LogP contribution in [-0.4, -0.2) is 31.6 Å². The zero-order chi connectivity index (χ0) is 27.3. The minimum absolute atomic E-state index is 0.0690. The number of esters is 1. The number of carbonyl (C=O) groups is 2. The zero-order valence-corrected chi connectivity index (χ0v) is 24.4. The summed E-state index contributed by atoms with van der Waals surface area (Å²) in [5.41, 5.74) is 9.20. The molecule has 0 aromatic rings. The molecule has 214 valence electrons. The highest BCUT2D eigenvalue weighted by atomic mass is 16.5. The fourth-order valence-corrected chi connectivity index (χ4v) is 10.0. The third-order valence-corrected chi connectivity index (χ3v) is 12.0. The van der Waals surface area contributed by atoms with E-state index in [1.165, 1.54) is 52.1 Å². The Kier molecular flexibility index (Phi) is 9.71. The van der Waals surface area contributed by atoms with Gasteiger partial charge in [0.05, 0.1) is 7.11 Å². The van der Waals surface area contributed by atoms with Crippen molar-refractivity contribution in [3.63, 3.8) is 0 Å². The highest BCUT2D eigenvalue weighted by Crippen LogP contribution is 2.68. The van der Waals surface area contributed by atoms with Crippen LogP contribution in [0.5, 0.6) is 0 Å². The highest BCUT2D eigenvalue weighted by molar-refractivity contribution is 5.76. The van der Waals surface area contributed by atoms with Crippen molar-refractivity contribution in [2.75, 3.05) is 13.7 Å². The van der Waals surface area contributed by atoms with Crippen molar-refractivity contribution >= 4 is 11.9 Å². The van der Waals surface area contributed by atoms with Crippen molar-refractivity contribution in [2.24, 2.45) is 51.5 Å².